The molecule has 1 aliphatic rings. The van der Waals surface area contributed by atoms with Crippen LogP contribution in [0, 0.1) is 0 Å². The van der Waals surface area contributed by atoms with Crippen LogP contribution in [0.1, 0.15) is 42.3 Å². The van der Waals surface area contributed by atoms with Gasteiger partial charge in [-0.25, -0.2) is 0 Å². The van der Waals surface area contributed by atoms with E-state index in [9.17, 15) is 4.79 Å². The van der Waals surface area contributed by atoms with E-state index in [1.165, 1.54) is 5.56 Å². The molecular formula is C30H30N2O3. The highest BCUT2D eigenvalue weighted by molar-refractivity contribution is 5.91. The smallest absolute Gasteiger partial charge is 0.247 e. The zero-order valence-electron chi connectivity index (χ0n) is 20.4. The lowest BCUT2D eigenvalue weighted by atomic mass is 9.92. The average Bonchev–Trinajstić information content (AvgIpc) is 3.25. The third-order valence-electron chi connectivity index (χ3n) is 6.47. The van der Waals surface area contributed by atoms with Crippen LogP contribution in [-0.2, 0) is 17.8 Å². The molecule has 1 atom stereocenters. The van der Waals surface area contributed by atoms with E-state index in [0.29, 0.717) is 13.2 Å². The maximum Gasteiger partial charge on any atom is 0.247 e. The van der Waals surface area contributed by atoms with E-state index < -0.39 is 0 Å². The summed E-state index contributed by atoms with van der Waals surface area (Å²) in [6.45, 7) is 5.08. The number of hydrogen-bond donors (Lipinski definition) is 1. The zero-order chi connectivity index (χ0) is 24.4. The number of nitrogens with one attached hydrogen (secondary N) is 1. The SMILES string of the molecule is COc1ccc2[nH]c3c(c2c1)CCN(C(=O)C=C(C)C)[C@@H]3c1ccc(OCc2ccccc2)cc1. The summed E-state index contributed by atoms with van der Waals surface area (Å²) in [6, 6.07) is 24.1. The summed E-state index contributed by atoms with van der Waals surface area (Å²) >= 11 is 0. The number of H-pyrrole nitrogens is 1. The molecule has 1 aliphatic heterocycles. The van der Waals surface area contributed by atoms with Gasteiger partial charge in [0.2, 0.25) is 5.91 Å². The number of hydrogen-bond acceptors (Lipinski definition) is 3. The Morgan fingerprint density at radius 3 is 2.49 bits per heavy atom. The van der Waals surface area contributed by atoms with Gasteiger partial charge in [-0.3, -0.25) is 4.79 Å². The van der Waals surface area contributed by atoms with Crippen molar-refractivity contribution in [3.05, 3.63) is 107 Å². The quantitative estimate of drug-likeness (QED) is 0.345. The summed E-state index contributed by atoms with van der Waals surface area (Å²) in [4.78, 5) is 18.8. The molecule has 4 aromatic rings. The van der Waals surface area contributed by atoms with Gasteiger partial charge in [-0.15, -0.1) is 0 Å². The van der Waals surface area contributed by atoms with Crippen molar-refractivity contribution in [3.63, 3.8) is 0 Å². The second-order valence-electron chi connectivity index (χ2n) is 9.18. The van der Waals surface area contributed by atoms with Crippen LogP contribution in [0.4, 0.5) is 0 Å². The maximum atomic E-state index is 13.2. The normalized spacial score (nSPS) is 14.9. The summed E-state index contributed by atoms with van der Waals surface area (Å²) in [5.74, 6) is 1.66. The molecule has 0 saturated heterocycles. The van der Waals surface area contributed by atoms with Gasteiger partial charge < -0.3 is 19.4 Å². The first kappa shape index (κ1) is 22.8. The molecule has 0 aliphatic carbocycles. The number of aromatic nitrogens is 1. The number of amides is 1. The predicted molar refractivity (Wildman–Crippen MR) is 139 cm³/mol. The minimum Gasteiger partial charge on any atom is -0.497 e. The molecule has 5 heteroatoms. The zero-order valence-corrected chi connectivity index (χ0v) is 20.4. The van der Waals surface area contributed by atoms with Gasteiger partial charge in [0, 0.05) is 29.2 Å². The van der Waals surface area contributed by atoms with Crippen LogP contribution in [0.3, 0.4) is 0 Å². The van der Waals surface area contributed by atoms with E-state index in [1.54, 1.807) is 13.2 Å². The molecule has 178 valence electrons. The maximum absolute atomic E-state index is 13.2. The molecule has 5 rings (SSSR count). The molecule has 35 heavy (non-hydrogen) atoms. The first-order valence-electron chi connectivity index (χ1n) is 11.9. The fourth-order valence-electron chi connectivity index (χ4n) is 4.80. The minimum atomic E-state index is -0.205. The number of rotatable bonds is 6. The van der Waals surface area contributed by atoms with Crippen LogP contribution in [0.25, 0.3) is 10.9 Å². The third-order valence-corrected chi connectivity index (χ3v) is 6.47. The Hall–Kier alpha value is -3.99. The monoisotopic (exact) mass is 466 g/mol. The summed E-state index contributed by atoms with van der Waals surface area (Å²) in [5.41, 5.74) is 6.53. The van der Waals surface area contributed by atoms with Gasteiger partial charge in [-0.1, -0.05) is 48.0 Å². The highest BCUT2D eigenvalue weighted by atomic mass is 16.5. The van der Waals surface area contributed by atoms with E-state index in [1.807, 2.05) is 61.2 Å². The van der Waals surface area contributed by atoms with Gasteiger partial charge in [0.05, 0.1) is 13.2 Å². The lowest BCUT2D eigenvalue weighted by molar-refractivity contribution is -0.128. The molecule has 0 unspecified atom stereocenters. The molecule has 1 N–H and O–H groups in total. The highest BCUT2D eigenvalue weighted by Crippen LogP contribution is 2.40. The molecule has 0 bridgehead atoms. The topological polar surface area (TPSA) is 54.6 Å². The fraction of sp³-hybridized carbons (Fsp3) is 0.233. The van der Waals surface area contributed by atoms with Crippen LogP contribution in [0.2, 0.25) is 0 Å². The Labute approximate surface area is 206 Å². The number of allylic oxidation sites excluding steroid dienone is 1. The van der Waals surface area contributed by atoms with Gasteiger partial charge in [0.1, 0.15) is 18.1 Å². The van der Waals surface area contributed by atoms with Gasteiger partial charge in [0.25, 0.3) is 0 Å². The van der Waals surface area contributed by atoms with Crippen molar-refractivity contribution in [1.29, 1.82) is 0 Å². The average molecular weight is 467 g/mol. The highest BCUT2D eigenvalue weighted by Gasteiger charge is 2.34. The van der Waals surface area contributed by atoms with Crippen molar-refractivity contribution in [2.45, 2.75) is 32.9 Å². The molecule has 1 aromatic heterocycles. The van der Waals surface area contributed by atoms with Crippen molar-refractivity contribution < 1.29 is 14.3 Å². The molecule has 3 aromatic carbocycles. The standard InChI is InChI=1S/C30H30N2O3/c1-20(2)17-28(33)32-16-15-25-26-18-24(34-3)13-14-27(26)31-29(25)30(32)22-9-11-23(12-10-22)35-19-21-7-5-4-6-8-21/h4-14,17-18,30-31H,15-16,19H2,1-3H3/t30-/m1/s1. The first-order chi connectivity index (χ1) is 17.0. The van der Waals surface area contributed by atoms with Crippen molar-refractivity contribution in [2.24, 2.45) is 0 Å². The van der Waals surface area contributed by atoms with Gasteiger partial charge in [-0.2, -0.15) is 0 Å². The Balaban J connectivity index is 1.50. The minimum absolute atomic E-state index is 0.0290. The number of carbonyl (C=O) groups is 1. The number of carbonyl (C=O) groups excluding carboxylic acids is 1. The Morgan fingerprint density at radius 2 is 1.77 bits per heavy atom. The van der Waals surface area contributed by atoms with E-state index in [2.05, 4.69) is 35.3 Å². The van der Waals surface area contributed by atoms with E-state index in [0.717, 1.165) is 51.2 Å². The molecule has 0 radical (unpaired) electrons. The Kier molecular flexibility index (Phi) is 6.32. The fourth-order valence-corrected chi connectivity index (χ4v) is 4.80. The van der Waals surface area contributed by atoms with Gasteiger partial charge >= 0.3 is 0 Å². The lowest BCUT2D eigenvalue weighted by Crippen LogP contribution is -2.39. The number of aromatic amines is 1. The predicted octanol–water partition coefficient (Wildman–Crippen LogP) is 6.20. The Bertz CT molecular complexity index is 1370. The first-order valence-corrected chi connectivity index (χ1v) is 11.9. The lowest BCUT2D eigenvalue weighted by Gasteiger charge is -2.36. The van der Waals surface area contributed by atoms with E-state index in [-0.39, 0.29) is 11.9 Å². The molecule has 0 fully saturated rings. The number of ether oxygens (including phenoxy) is 2. The summed E-state index contributed by atoms with van der Waals surface area (Å²) in [7, 11) is 1.68. The van der Waals surface area contributed by atoms with Crippen LogP contribution in [0.5, 0.6) is 11.5 Å². The number of benzene rings is 3. The van der Waals surface area contributed by atoms with Crippen LogP contribution in [-0.4, -0.2) is 29.4 Å². The van der Waals surface area contributed by atoms with Crippen molar-refractivity contribution in [3.8, 4) is 11.5 Å². The van der Waals surface area contributed by atoms with Gasteiger partial charge in [0.15, 0.2) is 0 Å². The Morgan fingerprint density at radius 1 is 1.03 bits per heavy atom. The summed E-state index contributed by atoms with van der Waals surface area (Å²) in [5, 5.41) is 1.15. The third kappa shape index (κ3) is 4.67. The molecule has 0 spiro atoms. The molecule has 2 heterocycles. The molecular weight excluding hydrogens is 436 g/mol. The van der Waals surface area contributed by atoms with E-state index in [4.69, 9.17) is 9.47 Å². The van der Waals surface area contributed by atoms with Crippen LogP contribution >= 0.6 is 0 Å². The van der Waals surface area contributed by atoms with Crippen molar-refractivity contribution in [2.75, 3.05) is 13.7 Å². The molecule has 0 saturated carbocycles. The largest absolute Gasteiger partial charge is 0.497 e. The van der Waals surface area contributed by atoms with E-state index >= 15 is 0 Å². The number of fused-ring (bicyclic) bond motifs is 3. The number of methoxy groups -OCH3 is 1. The summed E-state index contributed by atoms with van der Waals surface area (Å²) < 4.78 is 11.5. The second-order valence-corrected chi connectivity index (χ2v) is 9.18. The summed E-state index contributed by atoms with van der Waals surface area (Å²) in [6.07, 6.45) is 2.51. The van der Waals surface area contributed by atoms with Crippen molar-refractivity contribution in [1.82, 2.24) is 9.88 Å². The number of nitrogens with zero attached hydrogens (tertiary/aromatic N) is 1. The van der Waals surface area contributed by atoms with Gasteiger partial charge in [-0.05, 0) is 67.3 Å². The van der Waals surface area contributed by atoms with Crippen molar-refractivity contribution >= 4 is 16.8 Å². The molecule has 1 amide bonds. The second kappa shape index (κ2) is 9.71. The molecule has 5 nitrogen and oxygen atoms in total. The van der Waals surface area contributed by atoms with Crippen LogP contribution in [0.15, 0.2) is 84.4 Å². The van der Waals surface area contributed by atoms with Crippen LogP contribution < -0.4 is 9.47 Å².